The van der Waals surface area contributed by atoms with Crippen molar-refractivity contribution in [2.24, 2.45) is 5.92 Å². The lowest BCUT2D eigenvalue weighted by Crippen LogP contribution is -2.51. The first-order valence-corrected chi connectivity index (χ1v) is 9.92. The van der Waals surface area contributed by atoms with Crippen LogP contribution in [0, 0.1) is 5.92 Å². The van der Waals surface area contributed by atoms with Crippen molar-refractivity contribution < 1.29 is 18.7 Å². The molecule has 4 heterocycles. The highest BCUT2D eigenvalue weighted by Gasteiger charge is 2.39. The standard InChI is InChI=1S/C20H28N2O4/c23-18(22-12-8-20(9-13-22)7-1-2-15-26-20)16-5-10-21(11-6-16)19(24)17-4-3-14-25-17/h3-4,14,16H,1-2,5-13,15H2. The fraction of sp³-hybridized carbons (Fsp3) is 0.700. The summed E-state index contributed by atoms with van der Waals surface area (Å²) in [5.41, 5.74) is 0.0356. The van der Waals surface area contributed by atoms with Crippen LogP contribution in [0.1, 0.15) is 55.5 Å². The second-order valence-electron chi connectivity index (χ2n) is 7.86. The summed E-state index contributed by atoms with van der Waals surface area (Å²) in [7, 11) is 0. The number of hydrogen-bond acceptors (Lipinski definition) is 4. The molecule has 1 spiro atoms. The Morgan fingerprint density at radius 3 is 2.38 bits per heavy atom. The largest absolute Gasteiger partial charge is 0.459 e. The smallest absolute Gasteiger partial charge is 0.289 e. The molecule has 26 heavy (non-hydrogen) atoms. The molecule has 0 saturated carbocycles. The highest BCUT2D eigenvalue weighted by molar-refractivity contribution is 5.91. The summed E-state index contributed by atoms with van der Waals surface area (Å²) in [6.07, 6.45) is 8.48. The van der Waals surface area contributed by atoms with Crippen molar-refractivity contribution in [3.8, 4) is 0 Å². The second-order valence-corrected chi connectivity index (χ2v) is 7.86. The molecule has 0 bridgehead atoms. The summed E-state index contributed by atoms with van der Waals surface area (Å²) in [6.45, 7) is 3.73. The van der Waals surface area contributed by atoms with Crippen molar-refractivity contribution in [2.75, 3.05) is 32.8 Å². The lowest BCUT2D eigenvalue weighted by Gasteiger charge is -2.45. The van der Waals surface area contributed by atoms with E-state index in [9.17, 15) is 9.59 Å². The Kier molecular flexibility index (Phi) is 5.02. The van der Waals surface area contributed by atoms with Gasteiger partial charge in [-0.2, -0.15) is 0 Å². The van der Waals surface area contributed by atoms with E-state index in [-0.39, 0.29) is 23.3 Å². The second kappa shape index (κ2) is 7.43. The van der Waals surface area contributed by atoms with Gasteiger partial charge in [0, 0.05) is 38.7 Å². The molecular weight excluding hydrogens is 332 g/mol. The first kappa shape index (κ1) is 17.6. The molecule has 2 amide bonds. The van der Waals surface area contributed by atoms with E-state index in [1.54, 1.807) is 17.0 Å². The molecule has 142 valence electrons. The van der Waals surface area contributed by atoms with E-state index in [1.807, 2.05) is 4.90 Å². The molecule has 0 aliphatic carbocycles. The molecule has 0 atom stereocenters. The molecule has 3 aliphatic rings. The summed E-state index contributed by atoms with van der Waals surface area (Å²) < 4.78 is 11.3. The lowest BCUT2D eigenvalue weighted by molar-refractivity contribution is -0.147. The van der Waals surface area contributed by atoms with Gasteiger partial charge in [-0.15, -0.1) is 0 Å². The number of piperidine rings is 2. The van der Waals surface area contributed by atoms with Gasteiger partial charge >= 0.3 is 0 Å². The zero-order valence-corrected chi connectivity index (χ0v) is 15.3. The van der Waals surface area contributed by atoms with Gasteiger partial charge in [0.25, 0.3) is 5.91 Å². The van der Waals surface area contributed by atoms with Gasteiger partial charge in [-0.25, -0.2) is 0 Å². The van der Waals surface area contributed by atoms with Crippen LogP contribution in [-0.2, 0) is 9.53 Å². The van der Waals surface area contributed by atoms with E-state index in [2.05, 4.69) is 0 Å². The van der Waals surface area contributed by atoms with Gasteiger partial charge in [-0.05, 0) is 57.1 Å². The lowest BCUT2D eigenvalue weighted by atomic mass is 9.84. The minimum atomic E-state index is -0.0738. The van der Waals surface area contributed by atoms with Crippen molar-refractivity contribution >= 4 is 11.8 Å². The first-order chi connectivity index (χ1) is 12.7. The average molecular weight is 360 g/mol. The summed E-state index contributed by atoms with van der Waals surface area (Å²) in [5, 5.41) is 0. The quantitative estimate of drug-likeness (QED) is 0.813. The van der Waals surface area contributed by atoms with Crippen molar-refractivity contribution in [1.29, 1.82) is 0 Å². The van der Waals surface area contributed by atoms with Gasteiger partial charge in [0.2, 0.25) is 5.91 Å². The highest BCUT2D eigenvalue weighted by Crippen LogP contribution is 2.35. The van der Waals surface area contributed by atoms with Crippen molar-refractivity contribution in [1.82, 2.24) is 9.80 Å². The molecule has 3 fully saturated rings. The van der Waals surface area contributed by atoms with Crippen molar-refractivity contribution in [2.45, 2.75) is 50.5 Å². The van der Waals surface area contributed by atoms with E-state index in [4.69, 9.17) is 9.15 Å². The van der Waals surface area contributed by atoms with Crippen LogP contribution < -0.4 is 0 Å². The SMILES string of the molecule is O=C(c1ccco1)N1CCC(C(=O)N2CCC3(CCCCO3)CC2)CC1. The van der Waals surface area contributed by atoms with E-state index in [0.717, 1.165) is 51.8 Å². The van der Waals surface area contributed by atoms with Crippen LogP contribution in [0.25, 0.3) is 0 Å². The number of furan rings is 1. The third kappa shape index (κ3) is 3.52. The maximum absolute atomic E-state index is 12.9. The van der Waals surface area contributed by atoms with Gasteiger partial charge in [0.05, 0.1) is 11.9 Å². The van der Waals surface area contributed by atoms with Crippen LogP contribution in [0.3, 0.4) is 0 Å². The summed E-state index contributed by atoms with van der Waals surface area (Å²) in [5.74, 6) is 0.608. The zero-order chi connectivity index (χ0) is 18.0. The topological polar surface area (TPSA) is 63.0 Å². The maximum Gasteiger partial charge on any atom is 0.289 e. The van der Waals surface area contributed by atoms with E-state index >= 15 is 0 Å². The molecule has 0 radical (unpaired) electrons. The molecule has 0 aromatic carbocycles. The Bertz CT molecular complexity index is 618. The Balaban J connectivity index is 1.27. The summed E-state index contributed by atoms with van der Waals surface area (Å²) >= 11 is 0. The Labute approximate surface area is 154 Å². The number of carbonyl (C=O) groups excluding carboxylic acids is 2. The minimum Gasteiger partial charge on any atom is -0.459 e. The molecule has 0 unspecified atom stereocenters. The third-order valence-electron chi connectivity index (χ3n) is 6.28. The monoisotopic (exact) mass is 360 g/mol. The summed E-state index contributed by atoms with van der Waals surface area (Å²) in [6, 6.07) is 3.42. The van der Waals surface area contributed by atoms with Gasteiger partial charge in [-0.1, -0.05) is 0 Å². The average Bonchev–Trinajstić information content (AvgIpc) is 3.23. The number of ether oxygens (including phenoxy) is 1. The normalized spacial score (nSPS) is 24.0. The number of nitrogens with zero attached hydrogens (tertiary/aromatic N) is 2. The predicted octanol–water partition coefficient (Wildman–Crippen LogP) is 2.69. The van der Waals surface area contributed by atoms with Crippen molar-refractivity contribution in [3.05, 3.63) is 24.2 Å². The van der Waals surface area contributed by atoms with Crippen molar-refractivity contribution in [3.63, 3.8) is 0 Å². The van der Waals surface area contributed by atoms with Gasteiger partial charge in [0.1, 0.15) is 0 Å². The van der Waals surface area contributed by atoms with Crippen LogP contribution >= 0.6 is 0 Å². The van der Waals surface area contributed by atoms with Crippen LogP contribution in [0.4, 0.5) is 0 Å². The van der Waals surface area contributed by atoms with Crippen LogP contribution in [0.5, 0.6) is 0 Å². The van der Waals surface area contributed by atoms with Crippen LogP contribution in [0.15, 0.2) is 22.8 Å². The van der Waals surface area contributed by atoms with Gasteiger partial charge in [-0.3, -0.25) is 9.59 Å². The zero-order valence-electron chi connectivity index (χ0n) is 15.3. The number of likely N-dealkylation sites (tertiary alicyclic amines) is 2. The molecule has 4 rings (SSSR count). The molecule has 1 aromatic heterocycles. The Morgan fingerprint density at radius 1 is 1.00 bits per heavy atom. The summed E-state index contributed by atoms with van der Waals surface area (Å²) in [4.78, 5) is 29.0. The highest BCUT2D eigenvalue weighted by atomic mass is 16.5. The third-order valence-corrected chi connectivity index (χ3v) is 6.28. The molecule has 6 nitrogen and oxygen atoms in total. The Morgan fingerprint density at radius 2 is 1.77 bits per heavy atom. The fourth-order valence-corrected chi connectivity index (χ4v) is 4.58. The molecule has 3 saturated heterocycles. The number of carbonyl (C=O) groups is 2. The molecule has 6 heteroatoms. The van der Waals surface area contributed by atoms with E-state index in [0.29, 0.717) is 18.8 Å². The molecule has 1 aromatic rings. The number of amides is 2. The molecule has 0 N–H and O–H groups in total. The fourth-order valence-electron chi connectivity index (χ4n) is 4.58. The minimum absolute atomic E-state index is 0.0356. The van der Waals surface area contributed by atoms with Gasteiger partial charge < -0.3 is 19.0 Å². The number of hydrogen-bond donors (Lipinski definition) is 0. The van der Waals surface area contributed by atoms with Crippen LogP contribution in [-0.4, -0.2) is 60.0 Å². The van der Waals surface area contributed by atoms with Gasteiger partial charge in [0.15, 0.2) is 5.76 Å². The molecule has 3 aliphatic heterocycles. The van der Waals surface area contributed by atoms with E-state index in [1.165, 1.54) is 19.1 Å². The van der Waals surface area contributed by atoms with E-state index < -0.39 is 0 Å². The first-order valence-electron chi connectivity index (χ1n) is 9.92. The predicted molar refractivity (Wildman–Crippen MR) is 95.7 cm³/mol. The maximum atomic E-state index is 12.9. The molecular formula is C20H28N2O4. The number of rotatable bonds is 2. The van der Waals surface area contributed by atoms with Crippen LogP contribution in [0.2, 0.25) is 0 Å². The Hall–Kier alpha value is -1.82.